The van der Waals surface area contributed by atoms with E-state index < -0.39 is 5.91 Å². The van der Waals surface area contributed by atoms with Gasteiger partial charge in [-0.2, -0.15) is 0 Å². The largest absolute Gasteiger partial charge is 0.482 e. The van der Waals surface area contributed by atoms with Crippen LogP contribution in [0.4, 0.5) is 0 Å². The summed E-state index contributed by atoms with van der Waals surface area (Å²) in [5.74, 6) is 0.736. The molecule has 0 saturated heterocycles. The summed E-state index contributed by atoms with van der Waals surface area (Å²) in [7, 11) is 0. The van der Waals surface area contributed by atoms with Crippen LogP contribution in [-0.2, 0) is 15.3 Å². The summed E-state index contributed by atoms with van der Waals surface area (Å²) >= 11 is 9.04. The van der Waals surface area contributed by atoms with Gasteiger partial charge in [0.15, 0.2) is 6.61 Å². The lowest BCUT2D eigenvalue weighted by Crippen LogP contribution is -2.44. The number of benzene rings is 1. The second-order valence-corrected chi connectivity index (χ2v) is 6.81. The summed E-state index contributed by atoms with van der Waals surface area (Å²) in [6, 6.07) is 10.8. The molecule has 0 aliphatic rings. The zero-order valence-corrected chi connectivity index (χ0v) is 14.5. The molecular formula is C15H15ClN2O3S2. The monoisotopic (exact) mass is 370 g/mol. The molecule has 0 radical (unpaired) electrons. The van der Waals surface area contributed by atoms with Crippen molar-refractivity contribution in [3.05, 3.63) is 51.7 Å². The molecule has 0 unspecified atom stereocenters. The Morgan fingerprint density at radius 2 is 1.91 bits per heavy atom. The third-order valence-corrected chi connectivity index (χ3v) is 4.95. The highest BCUT2D eigenvalue weighted by Crippen LogP contribution is 2.22. The van der Waals surface area contributed by atoms with Crippen LogP contribution in [0.5, 0.6) is 5.75 Å². The molecule has 0 bridgehead atoms. The van der Waals surface area contributed by atoms with Crippen LogP contribution in [0.2, 0.25) is 5.02 Å². The van der Waals surface area contributed by atoms with Crippen LogP contribution >= 0.6 is 34.7 Å². The molecule has 2 aromatic rings. The standard InChI is InChI=1S/C15H15ClN2O3S2/c16-12-5-1-2-6-13(12)21-8-14(19)17-18-15(20)10-22-9-11-4-3-7-23-11/h1-7H,8-10H2,(H,17,19)(H,18,20). The third kappa shape index (κ3) is 6.52. The molecule has 1 aromatic carbocycles. The van der Waals surface area contributed by atoms with Crippen molar-refractivity contribution in [2.75, 3.05) is 12.4 Å². The first kappa shape index (κ1) is 17.7. The number of carbonyl (C=O) groups is 2. The predicted molar refractivity (Wildman–Crippen MR) is 93.7 cm³/mol. The molecule has 2 rings (SSSR count). The maximum atomic E-state index is 11.6. The van der Waals surface area contributed by atoms with Crippen molar-refractivity contribution >= 4 is 46.5 Å². The summed E-state index contributed by atoms with van der Waals surface area (Å²) in [6.45, 7) is -0.230. The second kappa shape index (κ2) is 9.44. The maximum Gasteiger partial charge on any atom is 0.276 e. The Balaban J connectivity index is 1.60. The molecular weight excluding hydrogens is 356 g/mol. The number of halogens is 1. The van der Waals surface area contributed by atoms with Gasteiger partial charge < -0.3 is 4.74 Å². The Labute approximate surface area is 147 Å². The number of hydrazine groups is 1. The Hall–Kier alpha value is -1.70. The molecule has 1 aromatic heterocycles. The van der Waals surface area contributed by atoms with Gasteiger partial charge in [0, 0.05) is 10.6 Å². The average molecular weight is 371 g/mol. The van der Waals surface area contributed by atoms with Crippen LogP contribution in [0.3, 0.4) is 0 Å². The zero-order valence-electron chi connectivity index (χ0n) is 12.1. The first-order chi connectivity index (χ1) is 11.1. The topological polar surface area (TPSA) is 67.4 Å². The lowest BCUT2D eigenvalue weighted by atomic mass is 10.3. The summed E-state index contributed by atoms with van der Waals surface area (Å²) in [5, 5.41) is 2.42. The Bertz CT molecular complexity index is 650. The fourth-order valence-electron chi connectivity index (χ4n) is 1.56. The van der Waals surface area contributed by atoms with Gasteiger partial charge in [-0.15, -0.1) is 23.1 Å². The smallest absolute Gasteiger partial charge is 0.276 e. The molecule has 8 heteroatoms. The molecule has 0 aliphatic heterocycles. The SMILES string of the molecule is O=C(COc1ccccc1Cl)NNC(=O)CSCc1cccs1. The highest BCUT2D eigenvalue weighted by Gasteiger charge is 2.07. The lowest BCUT2D eigenvalue weighted by molar-refractivity contribution is -0.128. The molecule has 0 aliphatic carbocycles. The molecule has 122 valence electrons. The van der Waals surface area contributed by atoms with Gasteiger partial charge in [-0.25, -0.2) is 0 Å². The number of rotatable bonds is 7. The first-order valence-electron chi connectivity index (χ1n) is 6.70. The number of nitrogens with one attached hydrogen (secondary N) is 2. The van der Waals surface area contributed by atoms with Crippen molar-refractivity contribution in [2.45, 2.75) is 5.75 Å². The molecule has 2 N–H and O–H groups in total. The lowest BCUT2D eigenvalue weighted by Gasteiger charge is -2.09. The van der Waals surface area contributed by atoms with Crippen molar-refractivity contribution in [1.29, 1.82) is 0 Å². The summed E-state index contributed by atoms with van der Waals surface area (Å²) in [6.07, 6.45) is 0. The van der Waals surface area contributed by atoms with E-state index >= 15 is 0 Å². The normalized spacial score (nSPS) is 10.1. The molecule has 0 saturated carbocycles. The highest BCUT2D eigenvalue weighted by molar-refractivity contribution is 7.99. The van der Waals surface area contributed by atoms with E-state index in [2.05, 4.69) is 10.9 Å². The molecule has 0 atom stereocenters. The van der Waals surface area contributed by atoms with E-state index in [4.69, 9.17) is 16.3 Å². The quantitative estimate of drug-likeness (QED) is 0.735. The van der Waals surface area contributed by atoms with Crippen LogP contribution in [0, 0.1) is 0 Å². The number of thiophene rings is 1. The highest BCUT2D eigenvalue weighted by atomic mass is 35.5. The second-order valence-electron chi connectivity index (χ2n) is 4.39. The summed E-state index contributed by atoms with van der Waals surface area (Å²) in [4.78, 5) is 24.4. The van der Waals surface area contributed by atoms with E-state index in [0.29, 0.717) is 10.8 Å². The fraction of sp³-hybridized carbons (Fsp3) is 0.200. The van der Waals surface area contributed by atoms with Gasteiger partial charge in [-0.1, -0.05) is 29.8 Å². The third-order valence-electron chi connectivity index (χ3n) is 2.59. The van der Waals surface area contributed by atoms with Gasteiger partial charge in [0.25, 0.3) is 5.91 Å². The minimum Gasteiger partial charge on any atom is -0.482 e. The van der Waals surface area contributed by atoms with Crippen LogP contribution in [0.15, 0.2) is 41.8 Å². The van der Waals surface area contributed by atoms with E-state index in [9.17, 15) is 9.59 Å². The number of carbonyl (C=O) groups excluding carboxylic acids is 2. The Morgan fingerprint density at radius 3 is 2.65 bits per heavy atom. The zero-order chi connectivity index (χ0) is 16.5. The fourth-order valence-corrected chi connectivity index (χ4v) is 3.41. The number of thioether (sulfide) groups is 1. The van der Waals surface area contributed by atoms with Crippen molar-refractivity contribution in [1.82, 2.24) is 10.9 Å². The van der Waals surface area contributed by atoms with Gasteiger partial charge in [0.1, 0.15) is 5.75 Å². The number of para-hydroxylation sites is 1. The molecule has 1 heterocycles. The summed E-state index contributed by atoms with van der Waals surface area (Å²) < 4.78 is 5.26. The van der Waals surface area contributed by atoms with E-state index in [1.54, 1.807) is 35.6 Å². The Kier molecular flexibility index (Phi) is 7.25. The number of amides is 2. The number of ether oxygens (including phenoxy) is 1. The van der Waals surface area contributed by atoms with E-state index in [1.807, 2.05) is 17.5 Å². The molecule has 2 amide bonds. The van der Waals surface area contributed by atoms with E-state index in [0.717, 1.165) is 5.75 Å². The first-order valence-corrected chi connectivity index (χ1v) is 9.11. The van der Waals surface area contributed by atoms with E-state index in [1.165, 1.54) is 16.6 Å². The minimum absolute atomic E-state index is 0.230. The van der Waals surface area contributed by atoms with Gasteiger partial charge in [-0.3, -0.25) is 20.4 Å². The van der Waals surface area contributed by atoms with Gasteiger partial charge >= 0.3 is 0 Å². The Morgan fingerprint density at radius 1 is 1.13 bits per heavy atom. The van der Waals surface area contributed by atoms with Crippen LogP contribution < -0.4 is 15.6 Å². The number of hydrogen-bond donors (Lipinski definition) is 2. The average Bonchev–Trinajstić information content (AvgIpc) is 3.05. The van der Waals surface area contributed by atoms with Crippen molar-refractivity contribution < 1.29 is 14.3 Å². The molecule has 0 spiro atoms. The molecule has 0 fully saturated rings. The van der Waals surface area contributed by atoms with Gasteiger partial charge in [0.2, 0.25) is 5.91 Å². The van der Waals surface area contributed by atoms with Gasteiger partial charge in [-0.05, 0) is 23.6 Å². The van der Waals surface area contributed by atoms with Crippen LogP contribution in [0.1, 0.15) is 4.88 Å². The van der Waals surface area contributed by atoms with Crippen LogP contribution in [0.25, 0.3) is 0 Å². The van der Waals surface area contributed by atoms with Crippen molar-refractivity contribution in [2.24, 2.45) is 0 Å². The molecule has 23 heavy (non-hydrogen) atoms. The predicted octanol–water partition coefficient (Wildman–Crippen LogP) is 2.86. The summed E-state index contributed by atoms with van der Waals surface area (Å²) in [5.41, 5.74) is 4.64. The van der Waals surface area contributed by atoms with Crippen molar-refractivity contribution in [3.63, 3.8) is 0 Å². The van der Waals surface area contributed by atoms with Crippen LogP contribution in [-0.4, -0.2) is 24.2 Å². The molecule has 5 nitrogen and oxygen atoms in total. The number of hydrogen-bond acceptors (Lipinski definition) is 5. The van der Waals surface area contributed by atoms with E-state index in [-0.39, 0.29) is 18.3 Å². The minimum atomic E-state index is -0.457. The van der Waals surface area contributed by atoms with Gasteiger partial charge in [0.05, 0.1) is 10.8 Å². The van der Waals surface area contributed by atoms with Crippen molar-refractivity contribution in [3.8, 4) is 5.75 Å². The maximum absolute atomic E-state index is 11.6.